The first-order chi connectivity index (χ1) is 8.13. The Balaban J connectivity index is 2.25. The molecular formula is C12H13NO3S. The van der Waals surface area contributed by atoms with Crippen LogP contribution in [0, 0.1) is 0 Å². The molecule has 5 heteroatoms. The maximum atomic E-state index is 12.0. The molecule has 0 spiro atoms. The number of benzene rings is 1. The zero-order valence-electron chi connectivity index (χ0n) is 9.67. The molecule has 1 aromatic rings. The van der Waals surface area contributed by atoms with Crippen molar-refractivity contribution < 1.29 is 14.3 Å². The van der Waals surface area contributed by atoms with E-state index < -0.39 is 0 Å². The van der Waals surface area contributed by atoms with Crippen molar-refractivity contribution in [3.63, 3.8) is 0 Å². The summed E-state index contributed by atoms with van der Waals surface area (Å²) in [5.41, 5.74) is 0.892. The average molecular weight is 251 g/mol. The number of nitrogens with zero attached hydrogens (tertiary/aromatic N) is 1. The van der Waals surface area contributed by atoms with Crippen LogP contribution in [0.1, 0.15) is 6.42 Å². The Kier molecular flexibility index (Phi) is 3.38. The lowest BCUT2D eigenvalue weighted by Gasteiger charge is -2.30. The third-order valence-electron chi connectivity index (χ3n) is 2.68. The van der Waals surface area contributed by atoms with Crippen LogP contribution in [0.3, 0.4) is 0 Å². The summed E-state index contributed by atoms with van der Waals surface area (Å²) in [6.45, 7) is 0. The fourth-order valence-corrected chi connectivity index (χ4v) is 3.00. The van der Waals surface area contributed by atoms with E-state index in [-0.39, 0.29) is 23.5 Å². The highest BCUT2D eigenvalue weighted by atomic mass is 32.2. The zero-order valence-corrected chi connectivity index (χ0v) is 10.5. The van der Waals surface area contributed by atoms with E-state index in [2.05, 4.69) is 4.74 Å². The van der Waals surface area contributed by atoms with Gasteiger partial charge in [-0.15, -0.1) is 11.8 Å². The number of carbonyl (C=O) groups is 2. The van der Waals surface area contributed by atoms with Crippen molar-refractivity contribution in [3.05, 3.63) is 24.3 Å². The zero-order chi connectivity index (χ0) is 12.4. The van der Waals surface area contributed by atoms with Crippen LogP contribution in [0.2, 0.25) is 0 Å². The van der Waals surface area contributed by atoms with Gasteiger partial charge in [0.05, 0.1) is 24.5 Å². The second-order valence-electron chi connectivity index (χ2n) is 3.75. The molecule has 4 nitrogen and oxygen atoms in total. The van der Waals surface area contributed by atoms with Crippen molar-refractivity contribution in [2.75, 3.05) is 19.1 Å². The lowest BCUT2D eigenvalue weighted by atomic mass is 10.2. The monoisotopic (exact) mass is 251 g/mol. The van der Waals surface area contributed by atoms with Crippen molar-refractivity contribution in [2.45, 2.75) is 16.6 Å². The summed E-state index contributed by atoms with van der Waals surface area (Å²) in [5.74, 6) is -0.414. The van der Waals surface area contributed by atoms with Crippen LogP contribution in [0.4, 0.5) is 5.69 Å². The van der Waals surface area contributed by atoms with Gasteiger partial charge in [0, 0.05) is 11.9 Å². The van der Waals surface area contributed by atoms with Gasteiger partial charge < -0.3 is 9.64 Å². The average Bonchev–Trinajstić information content (AvgIpc) is 2.35. The maximum absolute atomic E-state index is 12.0. The molecular weight excluding hydrogens is 238 g/mol. The van der Waals surface area contributed by atoms with Gasteiger partial charge in [0.1, 0.15) is 0 Å². The Morgan fingerprint density at radius 2 is 2.18 bits per heavy atom. The van der Waals surface area contributed by atoms with Crippen molar-refractivity contribution >= 4 is 29.3 Å². The fourth-order valence-electron chi connectivity index (χ4n) is 1.74. The number of amides is 1. The summed E-state index contributed by atoms with van der Waals surface area (Å²) in [6.07, 6.45) is 0.110. The third kappa shape index (κ3) is 2.29. The maximum Gasteiger partial charge on any atom is 0.307 e. The standard InChI is InChI=1S/C12H13NO3S/c1-13-8-5-3-4-6-9(8)17-10(12(13)15)7-11(14)16-2/h3-6,10H,7H2,1-2H3. The molecule has 1 heterocycles. The number of anilines is 1. The number of ether oxygens (including phenoxy) is 1. The molecule has 0 aromatic heterocycles. The van der Waals surface area contributed by atoms with E-state index in [0.717, 1.165) is 10.6 Å². The number of rotatable bonds is 2. The number of carbonyl (C=O) groups excluding carboxylic acids is 2. The van der Waals surface area contributed by atoms with Crippen LogP contribution in [-0.2, 0) is 14.3 Å². The molecule has 0 saturated heterocycles. The van der Waals surface area contributed by atoms with E-state index in [1.54, 1.807) is 11.9 Å². The highest BCUT2D eigenvalue weighted by molar-refractivity contribution is 8.01. The molecule has 1 atom stereocenters. The fraction of sp³-hybridized carbons (Fsp3) is 0.333. The van der Waals surface area contributed by atoms with Crippen molar-refractivity contribution in [1.29, 1.82) is 0 Å². The largest absolute Gasteiger partial charge is 0.469 e. The molecule has 1 amide bonds. The van der Waals surface area contributed by atoms with Crippen LogP contribution >= 0.6 is 11.8 Å². The van der Waals surface area contributed by atoms with E-state index in [0.29, 0.717) is 0 Å². The minimum absolute atomic E-state index is 0.0564. The van der Waals surface area contributed by atoms with Crippen LogP contribution in [-0.4, -0.2) is 31.3 Å². The van der Waals surface area contributed by atoms with Crippen molar-refractivity contribution in [2.24, 2.45) is 0 Å². The number of thioether (sulfide) groups is 1. The molecule has 0 fully saturated rings. The molecule has 17 heavy (non-hydrogen) atoms. The summed E-state index contributed by atoms with van der Waals surface area (Å²) >= 11 is 1.42. The normalized spacial score (nSPS) is 18.8. The van der Waals surface area contributed by atoms with E-state index in [1.807, 2.05) is 24.3 Å². The predicted octanol–water partition coefficient (Wildman–Crippen LogP) is 1.69. The summed E-state index contributed by atoms with van der Waals surface area (Å²) in [6, 6.07) is 7.66. The number of hydrogen-bond donors (Lipinski definition) is 0. The van der Waals surface area contributed by atoms with Crippen LogP contribution < -0.4 is 4.90 Å². The topological polar surface area (TPSA) is 46.6 Å². The first-order valence-corrected chi connectivity index (χ1v) is 6.11. The summed E-state index contributed by atoms with van der Waals surface area (Å²) in [4.78, 5) is 25.9. The molecule has 0 aliphatic carbocycles. The van der Waals surface area contributed by atoms with Gasteiger partial charge in [-0.25, -0.2) is 0 Å². The molecule has 1 aromatic carbocycles. The van der Waals surface area contributed by atoms with Gasteiger partial charge in [0.2, 0.25) is 5.91 Å². The Morgan fingerprint density at radius 1 is 1.47 bits per heavy atom. The second-order valence-corrected chi connectivity index (χ2v) is 5.00. The Bertz CT molecular complexity index is 461. The van der Waals surface area contributed by atoms with Crippen molar-refractivity contribution in [1.82, 2.24) is 0 Å². The van der Waals surface area contributed by atoms with Crippen molar-refractivity contribution in [3.8, 4) is 0 Å². The highest BCUT2D eigenvalue weighted by Gasteiger charge is 2.32. The van der Waals surface area contributed by atoms with E-state index in [4.69, 9.17) is 0 Å². The molecule has 0 saturated carbocycles. The first-order valence-electron chi connectivity index (χ1n) is 5.23. The predicted molar refractivity (Wildman–Crippen MR) is 66.1 cm³/mol. The SMILES string of the molecule is COC(=O)CC1Sc2ccccc2N(C)C1=O. The van der Waals surface area contributed by atoms with Gasteiger partial charge in [0.15, 0.2) is 0 Å². The highest BCUT2D eigenvalue weighted by Crippen LogP contribution is 2.39. The van der Waals surface area contributed by atoms with E-state index in [1.165, 1.54) is 18.9 Å². The lowest BCUT2D eigenvalue weighted by Crippen LogP contribution is -2.39. The third-order valence-corrected chi connectivity index (χ3v) is 3.93. The number of methoxy groups -OCH3 is 1. The quantitative estimate of drug-likeness (QED) is 0.750. The molecule has 1 unspecified atom stereocenters. The Labute approximate surface area is 104 Å². The number of fused-ring (bicyclic) bond motifs is 1. The smallest absolute Gasteiger partial charge is 0.307 e. The van der Waals surface area contributed by atoms with Crippen LogP contribution in [0.25, 0.3) is 0 Å². The van der Waals surface area contributed by atoms with E-state index >= 15 is 0 Å². The number of hydrogen-bond acceptors (Lipinski definition) is 4. The number of para-hydroxylation sites is 1. The van der Waals surface area contributed by atoms with Gasteiger partial charge in [-0.2, -0.15) is 0 Å². The summed E-state index contributed by atoms with van der Waals surface area (Å²) in [5, 5.41) is -0.387. The Hall–Kier alpha value is -1.49. The molecule has 1 aliphatic rings. The van der Waals surface area contributed by atoms with Gasteiger partial charge >= 0.3 is 5.97 Å². The molecule has 90 valence electrons. The van der Waals surface area contributed by atoms with Gasteiger partial charge in [0.25, 0.3) is 0 Å². The second kappa shape index (κ2) is 4.79. The molecule has 0 bridgehead atoms. The van der Waals surface area contributed by atoms with E-state index in [9.17, 15) is 9.59 Å². The summed E-state index contributed by atoms with van der Waals surface area (Å²) < 4.78 is 4.60. The minimum Gasteiger partial charge on any atom is -0.469 e. The lowest BCUT2D eigenvalue weighted by molar-refractivity contribution is -0.141. The van der Waals surface area contributed by atoms with Gasteiger partial charge in [-0.3, -0.25) is 9.59 Å². The van der Waals surface area contributed by atoms with Crippen LogP contribution in [0.5, 0.6) is 0 Å². The van der Waals surface area contributed by atoms with Crippen LogP contribution in [0.15, 0.2) is 29.2 Å². The molecule has 0 N–H and O–H groups in total. The van der Waals surface area contributed by atoms with Gasteiger partial charge in [-0.1, -0.05) is 12.1 Å². The number of esters is 1. The minimum atomic E-state index is -0.387. The Morgan fingerprint density at radius 3 is 2.88 bits per heavy atom. The molecule has 2 rings (SSSR count). The summed E-state index contributed by atoms with van der Waals surface area (Å²) in [7, 11) is 3.06. The molecule has 0 radical (unpaired) electrons. The first kappa shape index (κ1) is 12.0. The van der Waals surface area contributed by atoms with Gasteiger partial charge in [-0.05, 0) is 12.1 Å². The molecule has 1 aliphatic heterocycles.